The van der Waals surface area contributed by atoms with Crippen LogP contribution in [0.25, 0.3) is 0 Å². The number of carbonyl (C=O) groups is 1. The number of aliphatic hydroxyl groups excluding tert-OH is 1. The van der Waals surface area contributed by atoms with E-state index in [2.05, 4.69) is 0 Å². The molecule has 1 aliphatic heterocycles. The van der Waals surface area contributed by atoms with Gasteiger partial charge in [0.1, 0.15) is 0 Å². The molecule has 0 bridgehead atoms. The monoisotopic (exact) mass is 173 g/mol. The van der Waals surface area contributed by atoms with E-state index in [-0.39, 0.29) is 12.0 Å². The Labute approximate surface area is 71.8 Å². The Morgan fingerprint density at radius 3 is 2.83 bits per heavy atom. The molecule has 1 atom stereocenters. The largest absolute Gasteiger partial charge is 0.465 e. The molecular formula is C8H15NO3. The smallest absolute Gasteiger partial charge is 0.407 e. The van der Waals surface area contributed by atoms with Gasteiger partial charge < -0.3 is 15.1 Å². The fourth-order valence-corrected chi connectivity index (χ4v) is 1.61. The number of likely N-dealkylation sites (tertiary alicyclic amines) is 1. The summed E-state index contributed by atoms with van der Waals surface area (Å²) in [6, 6.07) is 0. The van der Waals surface area contributed by atoms with Crippen LogP contribution in [-0.4, -0.2) is 40.9 Å². The molecule has 12 heavy (non-hydrogen) atoms. The second-order valence-corrected chi connectivity index (χ2v) is 3.78. The highest BCUT2D eigenvalue weighted by Gasteiger charge is 2.32. The van der Waals surface area contributed by atoms with Gasteiger partial charge in [0.15, 0.2) is 0 Å². The third kappa shape index (κ3) is 1.88. The second-order valence-electron chi connectivity index (χ2n) is 3.78. The van der Waals surface area contributed by atoms with E-state index in [0.717, 1.165) is 12.8 Å². The molecule has 1 saturated heterocycles. The molecule has 0 aromatic carbocycles. The molecule has 0 aromatic rings. The minimum absolute atomic E-state index is 0.0663. The van der Waals surface area contributed by atoms with Crippen LogP contribution in [-0.2, 0) is 0 Å². The zero-order valence-electron chi connectivity index (χ0n) is 7.29. The second kappa shape index (κ2) is 3.31. The van der Waals surface area contributed by atoms with Crippen molar-refractivity contribution in [2.45, 2.75) is 19.8 Å². The summed E-state index contributed by atoms with van der Waals surface area (Å²) in [5, 5.41) is 17.7. The average molecular weight is 173 g/mol. The standard InChI is InChI=1S/C8H15NO3/c1-8(6-10)3-2-4-9(5-8)7(11)12/h10H,2-6H2,1H3,(H,11,12). The number of piperidine rings is 1. The van der Waals surface area contributed by atoms with Crippen LogP contribution in [0.1, 0.15) is 19.8 Å². The molecule has 0 aliphatic carbocycles. The molecule has 0 saturated carbocycles. The third-order valence-electron chi connectivity index (χ3n) is 2.43. The van der Waals surface area contributed by atoms with Gasteiger partial charge in [-0.05, 0) is 12.8 Å². The van der Waals surface area contributed by atoms with Crippen molar-refractivity contribution in [3.05, 3.63) is 0 Å². The van der Waals surface area contributed by atoms with Gasteiger partial charge in [-0.15, -0.1) is 0 Å². The number of amides is 1. The van der Waals surface area contributed by atoms with Crippen LogP contribution in [0.15, 0.2) is 0 Å². The molecular weight excluding hydrogens is 158 g/mol. The van der Waals surface area contributed by atoms with Gasteiger partial charge in [-0.1, -0.05) is 6.92 Å². The van der Waals surface area contributed by atoms with Crippen LogP contribution in [0.5, 0.6) is 0 Å². The van der Waals surface area contributed by atoms with E-state index in [9.17, 15) is 4.79 Å². The first-order chi connectivity index (χ1) is 5.57. The van der Waals surface area contributed by atoms with E-state index in [4.69, 9.17) is 10.2 Å². The van der Waals surface area contributed by atoms with Gasteiger partial charge in [-0.3, -0.25) is 0 Å². The molecule has 1 fully saturated rings. The van der Waals surface area contributed by atoms with Gasteiger partial charge in [-0.2, -0.15) is 0 Å². The van der Waals surface area contributed by atoms with Crippen LogP contribution in [0.2, 0.25) is 0 Å². The molecule has 4 heteroatoms. The highest BCUT2D eigenvalue weighted by atomic mass is 16.4. The van der Waals surface area contributed by atoms with Gasteiger partial charge in [0.2, 0.25) is 0 Å². The molecule has 0 radical (unpaired) electrons. The lowest BCUT2D eigenvalue weighted by molar-refractivity contribution is 0.0469. The fraction of sp³-hybridized carbons (Fsp3) is 0.875. The van der Waals surface area contributed by atoms with E-state index in [0.29, 0.717) is 13.1 Å². The van der Waals surface area contributed by atoms with Crippen molar-refractivity contribution in [2.75, 3.05) is 19.7 Å². The maximum atomic E-state index is 10.6. The van der Waals surface area contributed by atoms with E-state index < -0.39 is 6.09 Å². The summed E-state index contributed by atoms with van der Waals surface area (Å²) >= 11 is 0. The van der Waals surface area contributed by atoms with Crippen LogP contribution in [0, 0.1) is 5.41 Å². The average Bonchev–Trinajstić information content (AvgIpc) is 2.05. The molecule has 1 unspecified atom stereocenters. The summed E-state index contributed by atoms with van der Waals surface area (Å²) in [6.45, 7) is 3.04. The summed E-state index contributed by atoms with van der Waals surface area (Å²) in [5.74, 6) is 0. The molecule has 1 aliphatic rings. The van der Waals surface area contributed by atoms with Crippen molar-refractivity contribution < 1.29 is 15.0 Å². The number of hydrogen-bond acceptors (Lipinski definition) is 2. The van der Waals surface area contributed by atoms with Crippen molar-refractivity contribution in [1.29, 1.82) is 0 Å². The fourth-order valence-electron chi connectivity index (χ4n) is 1.61. The van der Waals surface area contributed by atoms with Crippen LogP contribution < -0.4 is 0 Å². The van der Waals surface area contributed by atoms with Gasteiger partial charge in [-0.25, -0.2) is 4.79 Å². The Balaban J connectivity index is 2.57. The number of hydrogen-bond donors (Lipinski definition) is 2. The number of rotatable bonds is 1. The molecule has 0 aromatic heterocycles. The van der Waals surface area contributed by atoms with E-state index in [1.807, 2.05) is 6.92 Å². The summed E-state index contributed by atoms with van der Waals surface area (Å²) in [7, 11) is 0. The first kappa shape index (κ1) is 9.32. The van der Waals surface area contributed by atoms with Crippen molar-refractivity contribution in [1.82, 2.24) is 4.90 Å². The quantitative estimate of drug-likeness (QED) is 0.615. The lowest BCUT2D eigenvalue weighted by atomic mass is 9.83. The summed E-state index contributed by atoms with van der Waals surface area (Å²) in [4.78, 5) is 12.0. The molecule has 4 nitrogen and oxygen atoms in total. The van der Waals surface area contributed by atoms with Crippen molar-refractivity contribution in [2.24, 2.45) is 5.41 Å². The Morgan fingerprint density at radius 1 is 1.67 bits per heavy atom. The Morgan fingerprint density at radius 2 is 2.33 bits per heavy atom. The normalized spacial score (nSPS) is 30.3. The molecule has 0 spiro atoms. The molecule has 1 heterocycles. The Hall–Kier alpha value is -0.770. The van der Waals surface area contributed by atoms with Crippen molar-refractivity contribution in [3.63, 3.8) is 0 Å². The van der Waals surface area contributed by atoms with E-state index in [1.165, 1.54) is 4.90 Å². The first-order valence-corrected chi connectivity index (χ1v) is 4.16. The minimum atomic E-state index is -0.880. The van der Waals surface area contributed by atoms with Crippen molar-refractivity contribution >= 4 is 6.09 Å². The van der Waals surface area contributed by atoms with Crippen molar-refractivity contribution in [3.8, 4) is 0 Å². The molecule has 1 amide bonds. The summed E-state index contributed by atoms with van der Waals surface area (Å²) < 4.78 is 0. The molecule has 2 N–H and O–H groups in total. The predicted molar refractivity (Wildman–Crippen MR) is 44.0 cm³/mol. The van der Waals surface area contributed by atoms with Crippen LogP contribution >= 0.6 is 0 Å². The van der Waals surface area contributed by atoms with E-state index in [1.54, 1.807) is 0 Å². The van der Waals surface area contributed by atoms with Crippen LogP contribution in [0.3, 0.4) is 0 Å². The third-order valence-corrected chi connectivity index (χ3v) is 2.43. The Bertz CT molecular complexity index is 183. The Kier molecular flexibility index (Phi) is 2.57. The van der Waals surface area contributed by atoms with Gasteiger partial charge >= 0.3 is 6.09 Å². The number of carboxylic acid groups (broad SMARTS) is 1. The number of aliphatic hydroxyl groups is 1. The van der Waals surface area contributed by atoms with Gasteiger partial charge in [0.05, 0.1) is 6.61 Å². The zero-order chi connectivity index (χ0) is 9.19. The maximum Gasteiger partial charge on any atom is 0.407 e. The zero-order valence-corrected chi connectivity index (χ0v) is 7.29. The molecule has 70 valence electrons. The molecule has 1 rings (SSSR count). The highest BCUT2D eigenvalue weighted by molar-refractivity contribution is 5.65. The summed E-state index contributed by atoms with van der Waals surface area (Å²) in [6.07, 6.45) is 0.880. The lowest BCUT2D eigenvalue weighted by Gasteiger charge is -2.37. The van der Waals surface area contributed by atoms with Crippen LogP contribution in [0.4, 0.5) is 4.79 Å². The van der Waals surface area contributed by atoms with Gasteiger partial charge in [0, 0.05) is 18.5 Å². The number of nitrogens with zero attached hydrogens (tertiary/aromatic N) is 1. The minimum Gasteiger partial charge on any atom is -0.465 e. The topological polar surface area (TPSA) is 60.8 Å². The first-order valence-electron chi connectivity index (χ1n) is 4.16. The lowest BCUT2D eigenvalue weighted by Crippen LogP contribution is -2.45. The highest BCUT2D eigenvalue weighted by Crippen LogP contribution is 2.28. The van der Waals surface area contributed by atoms with Gasteiger partial charge in [0.25, 0.3) is 0 Å². The summed E-state index contributed by atoms with van der Waals surface area (Å²) in [5.41, 5.74) is -0.226. The maximum absolute atomic E-state index is 10.6. The predicted octanol–water partition coefficient (Wildman–Crippen LogP) is 0.759. The SMILES string of the molecule is CC1(CO)CCCN(C(=O)O)C1. The van der Waals surface area contributed by atoms with E-state index >= 15 is 0 Å².